The minimum absolute atomic E-state index is 0.0674. The molecule has 0 radical (unpaired) electrons. The predicted octanol–water partition coefficient (Wildman–Crippen LogP) is 3.68. The van der Waals surface area contributed by atoms with Gasteiger partial charge in [0.15, 0.2) is 0 Å². The summed E-state index contributed by atoms with van der Waals surface area (Å²) in [4.78, 5) is 11.6. The van der Waals surface area contributed by atoms with Crippen molar-refractivity contribution in [3.05, 3.63) is 33.8 Å². The van der Waals surface area contributed by atoms with E-state index in [0.717, 1.165) is 6.42 Å². The highest BCUT2D eigenvalue weighted by Crippen LogP contribution is 2.31. The SMILES string of the molecule is CCC(C)NC(C)(C(=O)O)c1ccc(Cl)cc1Cl. The number of hydrogen-bond donors (Lipinski definition) is 2. The zero-order valence-electron chi connectivity index (χ0n) is 10.6. The van der Waals surface area contributed by atoms with E-state index < -0.39 is 11.5 Å². The molecule has 0 spiro atoms. The fourth-order valence-electron chi connectivity index (χ4n) is 1.74. The number of carboxylic acid groups (broad SMARTS) is 1. The van der Waals surface area contributed by atoms with Gasteiger partial charge in [0.2, 0.25) is 0 Å². The van der Waals surface area contributed by atoms with Gasteiger partial charge in [0.05, 0.1) is 0 Å². The molecule has 1 aromatic rings. The second-order valence-corrected chi connectivity index (χ2v) is 5.35. The Labute approximate surface area is 117 Å². The summed E-state index contributed by atoms with van der Waals surface area (Å²) in [5.41, 5.74) is -0.710. The van der Waals surface area contributed by atoms with Crippen molar-refractivity contribution in [2.45, 2.75) is 38.8 Å². The van der Waals surface area contributed by atoms with Crippen LogP contribution in [0.2, 0.25) is 10.0 Å². The van der Waals surface area contributed by atoms with Gasteiger partial charge in [-0.2, -0.15) is 0 Å². The Morgan fingerprint density at radius 2 is 2.11 bits per heavy atom. The number of benzene rings is 1. The van der Waals surface area contributed by atoms with Gasteiger partial charge in [-0.1, -0.05) is 36.2 Å². The number of aliphatic carboxylic acids is 1. The maximum atomic E-state index is 11.6. The molecule has 100 valence electrons. The van der Waals surface area contributed by atoms with E-state index in [1.807, 2.05) is 13.8 Å². The first kappa shape index (κ1) is 15.3. The van der Waals surface area contributed by atoms with Crippen LogP contribution in [-0.2, 0) is 10.3 Å². The fourth-order valence-corrected chi connectivity index (χ4v) is 2.34. The molecule has 2 unspecified atom stereocenters. The molecular formula is C13H17Cl2NO2. The molecule has 0 saturated heterocycles. The molecule has 0 amide bonds. The first-order chi connectivity index (χ1) is 8.31. The van der Waals surface area contributed by atoms with Crippen molar-refractivity contribution >= 4 is 29.2 Å². The molecule has 0 saturated carbocycles. The molecule has 0 aromatic heterocycles. The standard InChI is InChI=1S/C13H17Cl2NO2/c1-4-8(2)16-13(3,12(17)18)10-6-5-9(14)7-11(10)15/h5-8,16H,4H2,1-3H3,(H,17,18). The smallest absolute Gasteiger partial charge is 0.328 e. The Hall–Kier alpha value is -0.770. The zero-order chi connectivity index (χ0) is 13.9. The summed E-state index contributed by atoms with van der Waals surface area (Å²) in [5, 5.41) is 13.4. The molecule has 5 heteroatoms. The number of carboxylic acids is 1. The molecule has 0 heterocycles. The van der Waals surface area contributed by atoms with Crippen molar-refractivity contribution in [3.63, 3.8) is 0 Å². The minimum atomic E-state index is -1.23. The quantitative estimate of drug-likeness (QED) is 0.869. The molecule has 1 aromatic carbocycles. The first-order valence-corrected chi connectivity index (χ1v) is 6.53. The molecule has 2 atom stereocenters. The Kier molecular flexibility index (Phi) is 5.02. The second kappa shape index (κ2) is 5.91. The van der Waals surface area contributed by atoms with Crippen LogP contribution in [0.1, 0.15) is 32.8 Å². The largest absolute Gasteiger partial charge is 0.480 e. The van der Waals surface area contributed by atoms with Gasteiger partial charge < -0.3 is 5.11 Å². The summed E-state index contributed by atoms with van der Waals surface area (Å²) in [6, 6.07) is 4.91. The number of halogens is 2. The highest BCUT2D eigenvalue weighted by atomic mass is 35.5. The molecule has 3 nitrogen and oxygen atoms in total. The van der Waals surface area contributed by atoms with Crippen LogP contribution in [0.15, 0.2) is 18.2 Å². The number of nitrogens with one attached hydrogen (secondary N) is 1. The van der Waals surface area contributed by atoms with Gasteiger partial charge in [0.1, 0.15) is 5.54 Å². The summed E-state index contributed by atoms with van der Waals surface area (Å²) in [6.07, 6.45) is 0.827. The summed E-state index contributed by atoms with van der Waals surface area (Å²) in [5.74, 6) is -0.966. The van der Waals surface area contributed by atoms with Gasteiger partial charge >= 0.3 is 5.97 Å². The molecule has 0 bridgehead atoms. The predicted molar refractivity (Wildman–Crippen MR) is 74.3 cm³/mol. The van der Waals surface area contributed by atoms with Gasteiger partial charge in [-0.05, 0) is 32.4 Å². The Bertz CT molecular complexity index is 451. The highest BCUT2D eigenvalue weighted by Gasteiger charge is 2.37. The minimum Gasteiger partial charge on any atom is -0.480 e. The van der Waals surface area contributed by atoms with E-state index in [0.29, 0.717) is 15.6 Å². The van der Waals surface area contributed by atoms with Crippen molar-refractivity contribution in [2.75, 3.05) is 0 Å². The Morgan fingerprint density at radius 1 is 1.50 bits per heavy atom. The molecule has 0 aliphatic rings. The van der Waals surface area contributed by atoms with Crippen molar-refractivity contribution < 1.29 is 9.90 Å². The van der Waals surface area contributed by atoms with Gasteiger partial charge in [-0.25, -0.2) is 4.79 Å². The normalized spacial score (nSPS) is 16.1. The maximum absolute atomic E-state index is 11.6. The van der Waals surface area contributed by atoms with E-state index in [1.165, 1.54) is 0 Å². The topological polar surface area (TPSA) is 49.3 Å². The van der Waals surface area contributed by atoms with Gasteiger partial charge in [-0.15, -0.1) is 0 Å². The third-order valence-corrected chi connectivity index (χ3v) is 3.59. The third kappa shape index (κ3) is 3.16. The van der Waals surface area contributed by atoms with Crippen LogP contribution in [0.5, 0.6) is 0 Å². The van der Waals surface area contributed by atoms with Crippen molar-refractivity contribution in [3.8, 4) is 0 Å². The lowest BCUT2D eigenvalue weighted by Crippen LogP contribution is -2.50. The summed E-state index contributed by atoms with van der Waals surface area (Å²) >= 11 is 11.9. The van der Waals surface area contributed by atoms with E-state index in [4.69, 9.17) is 23.2 Å². The first-order valence-electron chi connectivity index (χ1n) is 5.78. The van der Waals surface area contributed by atoms with E-state index in [9.17, 15) is 9.90 Å². The van der Waals surface area contributed by atoms with E-state index >= 15 is 0 Å². The van der Waals surface area contributed by atoms with Gasteiger partial charge in [0, 0.05) is 21.7 Å². The van der Waals surface area contributed by atoms with Crippen LogP contribution in [0.4, 0.5) is 0 Å². The van der Waals surface area contributed by atoms with E-state index in [2.05, 4.69) is 5.32 Å². The average molecular weight is 290 g/mol. The molecule has 18 heavy (non-hydrogen) atoms. The Balaban J connectivity index is 3.22. The van der Waals surface area contributed by atoms with Crippen LogP contribution in [-0.4, -0.2) is 17.1 Å². The zero-order valence-corrected chi connectivity index (χ0v) is 12.1. The van der Waals surface area contributed by atoms with Gasteiger partial charge in [0.25, 0.3) is 0 Å². The Morgan fingerprint density at radius 3 is 2.56 bits per heavy atom. The lowest BCUT2D eigenvalue weighted by atomic mass is 9.91. The second-order valence-electron chi connectivity index (χ2n) is 4.51. The summed E-state index contributed by atoms with van der Waals surface area (Å²) in [7, 11) is 0. The molecule has 1 rings (SSSR count). The van der Waals surface area contributed by atoms with Gasteiger partial charge in [-0.3, -0.25) is 5.32 Å². The van der Waals surface area contributed by atoms with Crippen molar-refractivity contribution in [1.82, 2.24) is 5.32 Å². The van der Waals surface area contributed by atoms with Crippen LogP contribution in [0, 0.1) is 0 Å². The summed E-state index contributed by atoms with van der Waals surface area (Å²) in [6.45, 7) is 5.53. The van der Waals surface area contributed by atoms with Crippen LogP contribution in [0.25, 0.3) is 0 Å². The molecule has 0 aliphatic heterocycles. The average Bonchev–Trinajstić information content (AvgIpc) is 2.28. The monoisotopic (exact) mass is 289 g/mol. The maximum Gasteiger partial charge on any atom is 0.328 e. The molecule has 0 aliphatic carbocycles. The van der Waals surface area contributed by atoms with Crippen molar-refractivity contribution in [1.29, 1.82) is 0 Å². The lowest BCUT2D eigenvalue weighted by Gasteiger charge is -2.31. The number of hydrogen-bond acceptors (Lipinski definition) is 2. The highest BCUT2D eigenvalue weighted by molar-refractivity contribution is 6.35. The van der Waals surface area contributed by atoms with E-state index in [1.54, 1.807) is 25.1 Å². The number of carbonyl (C=O) groups is 1. The fraction of sp³-hybridized carbons (Fsp3) is 0.462. The van der Waals surface area contributed by atoms with Crippen LogP contribution < -0.4 is 5.32 Å². The molecule has 0 fully saturated rings. The van der Waals surface area contributed by atoms with E-state index in [-0.39, 0.29) is 6.04 Å². The van der Waals surface area contributed by atoms with Crippen LogP contribution in [0.3, 0.4) is 0 Å². The summed E-state index contributed by atoms with van der Waals surface area (Å²) < 4.78 is 0. The lowest BCUT2D eigenvalue weighted by molar-refractivity contribution is -0.145. The molecule has 2 N–H and O–H groups in total. The number of rotatable bonds is 5. The van der Waals surface area contributed by atoms with Crippen LogP contribution >= 0.6 is 23.2 Å². The van der Waals surface area contributed by atoms with Crippen molar-refractivity contribution in [2.24, 2.45) is 0 Å². The molecular weight excluding hydrogens is 273 g/mol. The third-order valence-electron chi connectivity index (χ3n) is 3.04.